The number of carbonyl (C=O) groups excluding carboxylic acids is 1. The zero-order valence-corrected chi connectivity index (χ0v) is 15.8. The van der Waals surface area contributed by atoms with Gasteiger partial charge in [-0.15, -0.1) is 0 Å². The summed E-state index contributed by atoms with van der Waals surface area (Å²) in [7, 11) is 0. The van der Waals surface area contributed by atoms with Gasteiger partial charge in [-0.3, -0.25) is 9.59 Å². The summed E-state index contributed by atoms with van der Waals surface area (Å²) in [6, 6.07) is 6.60. The van der Waals surface area contributed by atoms with Crippen LogP contribution in [0.1, 0.15) is 55.4 Å². The second kappa shape index (κ2) is 8.52. The number of aryl methyl sites for hydroxylation is 1. The first-order valence-electron chi connectivity index (χ1n) is 9.00. The average Bonchev–Trinajstić information content (AvgIpc) is 3.07. The van der Waals surface area contributed by atoms with Gasteiger partial charge in [0.25, 0.3) is 0 Å². The van der Waals surface area contributed by atoms with E-state index in [1.807, 2.05) is 12.1 Å². The lowest BCUT2D eigenvalue weighted by molar-refractivity contribution is -0.143. The Morgan fingerprint density at radius 1 is 1.26 bits per heavy atom. The minimum atomic E-state index is -0.742. The first-order chi connectivity index (χ1) is 12.9. The predicted molar refractivity (Wildman–Crippen MR) is 98.2 cm³/mol. The Bertz CT molecular complexity index is 798. The van der Waals surface area contributed by atoms with Gasteiger partial charge in [0, 0.05) is 18.4 Å². The van der Waals surface area contributed by atoms with Crippen LogP contribution in [-0.4, -0.2) is 27.1 Å². The van der Waals surface area contributed by atoms with E-state index in [-0.39, 0.29) is 17.7 Å². The number of hydrogen-bond acceptors (Lipinski definition) is 5. The molecule has 1 amide bonds. The number of benzene rings is 1. The molecule has 1 heterocycles. The van der Waals surface area contributed by atoms with Crippen molar-refractivity contribution in [1.29, 1.82) is 0 Å². The molecule has 1 aliphatic rings. The van der Waals surface area contributed by atoms with E-state index < -0.39 is 12.0 Å². The number of carboxylic acids is 1. The van der Waals surface area contributed by atoms with Gasteiger partial charge in [-0.25, -0.2) is 0 Å². The fourth-order valence-corrected chi connectivity index (χ4v) is 3.61. The molecule has 0 bridgehead atoms. The van der Waals surface area contributed by atoms with Crippen LogP contribution < -0.4 is 5.32 Å². The van der Waals surface area contributed by atoms with E-state index in [1.54, 1.807) is 19.1 Å². The summed E-state index contributed by atoms with van der Waals surface area (Å²) in [5, 5.41) is 16.6. The molecule has 1 atom stereocenters. The lowest BCUT2D eigenvalue weighted by Gasteiger charge is -2.26. The fourth-order valence-electron chi connectivity index (χ4n) is 3.48. The predicted octanol–water partition coefficient (Wildman–Crippen LogP) is 3.52. The topological polar surface area (TPSA) is 105 Å². The summed E-state index contributed by atoms with van der Waals surface area (Å²) in [5.74, 6) is -0.140. The van der Waals surface area contributed by atoms with Gasteiger partial charge in [0.2, 0.25) is 11.8 Å². The number of aromatic nitrogens is 2. The Hall–Kier alpha value is -2.41. The van der Waals surface area contributed by atoms with Crippen molar-refractivity contribution < 1.29 is 19.2 Å². The third-order valence-corrected chi connectivity index (χ3v) is 5.23. The van der Waals surface area contributed by atoms with Crippen LogP contribution in [-0.2, 0) is 9.59 Å². The Kier molecular flexibility index (Phi) is 6.11. The highest BCUT2D eigenvalue weighted by atomic mass is 35.5. The normalized spacial score (nSPS) is 20.8. The van der Waals surface area contributed by atoms with Gasteiger partial charge < -0.3 is 14.9 Å². The highest BCUT2D eigenvalue weighted by molar-refractivity contribution is 6.30. The molecule has 144 valence electrons. The van der Waals surface area contributed by atoms with Crippen molar-refractivity contribution in [2.75, 3.05) is 0 Å². The largest absolute Gasteiger partial charge is 0.481 e. The highest BCUT2D eigenvalue weighted by Gasteiger charge is 2.28. The van der Waals surface area contributed by atoms with E-state index in [9.17, 15) is 9.59 Å². The molecule has 2 N–H and O–H groups in total. The van der Waals surface area contributed by atoms with Crippen LogP contribution in [0.25, 0.3) is 0 Å². The number of carboxylic acid groups (broad SMARTS) is 1. The third-order valence-electron chi connectivity index (χ3n) is 4.98. The highest BCUT2D eigenvalue weighted by Crippen LogP contribution is 2.31. The van der Waals surface area contributed by atoms with Crippen molar-refractivity contribution in [2.45, 2.75) is 45.1 Å². The lowest BCUT2D eigenvalue weighted by atomic mass is 9.80. The monoisotopic (exact) mass is 391 g/mol. The summed E-state index contributed by atoms with van der Waals surface area (Å²) in [6.45, 7) is 1.69. The first-order valence-corrected chi connectivity index (χ1v) is 9.38. The van der Waals surface area contributed by atoms with Gasteiger partial charge in [0.15, 0.2) is 5.82 Å². The second-order valence-corrected chi connectivity index (χ2v) is 7.42. The first kappa shape index (κ1) is 19.4. The standard InChI is InChI=1S/C19H22ClN3O4/c1-11-21-18(23-27-11)17(13-6-8-15(20)9-7-13)22-16(24)10-12-2-4-14(5-3-12)19(25)26/h6-9,12,14,17H,2-5,10H2,1H3,(H,22,24)(H,25,26). The number of halogens is 1. The molecule has 0 radical (unpaired) electrons. The number of hydrogen-bond donors (Lipinski definition) is 2. The molecular weight excluding hydrogens is 370 g/mol. The second-order valence-electron chi connectivity index (χ2n) is 6.98. The maximum Gasteiger partial charge on any atom is 0.306 e. The molecule has 8 heteroatoms. The van der Waals surface area contributed by atoms with Gasteiger partial charge in [0.1, 0.15) is 6.04 Å². The van der Waals surface area contributed by atoms with Crippen molar-refractivity contribution in [1.82, 2.24) is 15.5 Å². The third kappa shape index (κ3) is 5.07. The van der Waals surface area contributed by atoms with Crippen LogP contribution in [0.2, 0.25) is 5.02 Å². The molecule has 1 aliphatic carbocycles. The van der Waals surface area contributed by atoms with Crippen molar-refractivity contribution >= 4 is 23.5 Å². The van der Waals surface area contributed by atoms with E-state index in [0.29, 0.717) is 36.0 Å². The number of amides is 1. The molecule has 0 saturated heterocycles. The van der Waals surface area contributed by atoms with Crippen LogP contribution in [0.5, 0.6) is 0 Å². The molecular formula is C19H22ClN3O4. The minimum Gasteiger partial charge on any atom is -0.481 e. The molecule has 1 aromatic carbocycles. The van der Waals surface area contributed by atoms with Crippen LogP contribution in [0.4, 0.5) is 0 Å². The molecule has 2 aromatic rings. The molecule has 7 nitrogen and oxygen atoms in total. The Balaban J connectivity index is 1.66. The Morgan fingerprint density at radius 2 is 1.93 bits per heavy atom. The number of rotatable bonds is 6. The van der Waals surface area contributed by atoms with Gasteiger partial charge in [-0.05, 0) is 49.3 Å². The zero-order chi connectivity index (χ0) is 19.4. The Morgan fingerprint density at radius 3 is 2.48 bits per heavy atom. The van der Waals surface area contributed by atoms with Crippen molar-refractivity contribution in [3.05, 3.63) is 46.6 Å². The smallest absolute Gasteiger partial charge is 0.306 e. The molecule has 1 aromatic heterocycles. The summed E-state index contributed by atoms with van der Waals surface area (Å²) in [4.78, 5) is 27.9. The lowest BCUT2D eigenvalue weighted by Crippen LogP contribution is -2.32. The number of nitrogens with zero attached hydrogens (tertiary/aromatic N) is 2. The SMILES string of the molecule is Cc1nc(C(NC(=O)CC2CCC(C(=O)O)CC2)c2ccc(Cl)cc2)no1. The quantitative estimate of drug-likeness (QED) is 0.780. The maximum absolute atomic E-state index is 12.6. The summed E-state index contributed by atoms with van der Waals surface area (Å²) in [6.07, 6.45) is 3.09. The minimum absolute atomic E-state index is 0.115. The fraction of sp³-hybridized carbons (Fsp3) is 0.474. The Labute approximate surface area is 162 Å². The van der Waals surface area contributed by atoms with Crippen molar-refractivity contribution in [2.24, 2.45) is 11.8 Å². The van der Waals surface area contributed by atoms with E-state index in [4.69, 9.17) is 21.2 Å². The molecule has 1 fully saturated rings. The van der Waals surface area contributed by atoms with E-state index in [0.717, 1.165) is 18.4 Å². The van der Waals surface area contributed by atoms with Crippen molar-refractivity contribution in [3.63, 3.8) is 0 Å². The average molecular weight is 392 g/mol. The van der Waals surface area contributed by atoms with Gasteiger partial charge in [-0.1, -0.05) is 28.9 Å². The van der Waals surface area contributed by atoms with Gasteiger partial charge in [-0.2, -0.15) is 4.98 Å². The molecule has 0 spiro atoms. The van der Waals surface area contributed by atoms with Crippen LogP contribution in [0, 0.1) is 18.8 Å². The molecule has 0 aliphatic heterocycles. The molecule has 27 heavy (non-hydrogen) atoms. The molecule has 1 unspecified atom stereocenters. The van der Waals surface area contributed by atoms with Gasteiger partial charge >= 0.3 is 5.97 Å². The summed E-state index contributed by atoms with van der Waals surface area (Å²) >= 11 is 5.96. The van der Waals surface area contributed by atoms with Crippen LogP contribution in [0.3, 0.4) is 0 Å². The van der Waals surface area contributed by atoms with Crippen LogP contribution in [0.15, 0.2) is 28.8 Å². The summed E-state index contributed by atoms with van der Waals surface area (Å²) in [5.41, 5.74) is 0.808. The number of aliphatic carboxylic acids is 1. The zero-order valence-electron chi connectivity index (χ0n) is 15.0. The van der Waals surface area contributed by atoms with E-state index in [1.165, 1.54) is 0 Å². The number of carbonyl (C=O) groups is 2. The van der Waals surface area contributed by atoms with Crippen molar-refractivity contribution in [3.8, 4) is 0 Å². The number of nitrogens with one attached hydrogen (secondary N) is 1. The van der Waals surface area contributed by atoms with E-state index in [2.05, 4.69) is 15.5 Å². The van der Waals surface area contributed by atoms with Gasteiger partial charge in [0.05, 0.1) is 5.92 Å². The van der Waals surface area contributed by atoms with E-state index >= 15 is 0 Å². The summed E-state index contributed by atoms with van der Waals surface area (Å²) < 4.78 is 5.06. The maximum atomic E-state index is 12.6. The molecule has 1 saturated carbocycles. The molecule has 3 rings (SSSR count). The van der Waals surface area contributed by atoms with Crippen LogP contribution >= 0.6 is 11.6 Å².